The van der Waals surface area contributed by atoms with E-state index in [1.54, 1.807) is 13.0 Å². The van der Waals surface area contributed by atoms with E-state index in [1.807, 2.05) is 6.92 Å². The number of nitrogens with one attached hydrogen (secondary N) is 3. The van der Waals surface area contributed by atoms with E-state index in [4.69, 9.17) is 9.47 Å². The van der Waals surface area contributed by atoms with Gasteiger partial charge in [0.1, 0.15) is 0 Å². The van der Waals surface area contributed by atoms with Crippen molar-refractivity contribution in [1.29, 1.82) is 0 Å². The monoisotopic (exact) mass is 371 g/mol. The molecule has 3 N–H and O–H groups in total. The van der Waals surface area contributed by atoms with Crippen LogP contribution in [0, 0.1) is 0 Å². The molecule has 1 aromatic rings. The standard InChI is InChI=1S/C16H25N3O5S/c1-3-23-14-6-5-13(9-15(14)24-4-2)25(21,22)18-11-16(20)19-12-7-8-17-10-12/h5-6,9,12,17-18H,3-4,7-8,10-11H2,1-2H3,(H,19,20). The highest BCUT2D eigenvalue weighted by Gasteiger charge is 2.20. The molecule has 9 heteroatoms. The molecule has 25 heavy (non-hydrogen) atoms. The predicted octanol–water partition coefficient (Wildman–Crippen LogP) is 0.240. The lowest BCUT2D eigenvalue weighted by Crippen LogP contribution is -2.42. The van der Waals surface area contributed by atoms with E-state index in [9.17, 15) is 13.2 Å². The first-order valence-electron chi connectivity index (χ1n) is 8.35. The maximum absolute atomic E-state index is 12.4. The summed E-state index contributed by atoms with van der Waals surface area (Å²) in [7, 11) is -3.82. The second-order valence-corrected chi connectivity index (χ2v) is 7.32. The number of amides is 1. The quantitative estimate of drug-likeness (QED) is 0.574. The minimum Gasteiger partial charge on any atom is -0.490 e. The lowest BCUT2D eigenvalue weighted by atomic mass is 10.2. The molecule has 1 fully saturated rings. The molecule has 0 bridgehead atoms. The summed E-state index contributed by atoms with van der Waals surface area (Å²) in [6.45, 7) is 5.71. The topological polar surface area (TPSA) is 106 Å². The van der Waals surface area contributed by atoms with Gasteiger partial charge >= 0.3 is 0 Å². The number of hydrogen-bond donors (Lipinski definition) is 3. The van der Waals surface area contributed by atoms with E-state index >= 15 is 0 Å². The zero-order chi connectivity index (χ0) is 18.3. The third-order valence-electron chi connectivity index (χ3n) is 3.67. The summed E-state index contributed by atoms with van der Waals surface area (Å²) in [6, 6.07) is 4.42. The molecule has 1 atom stereocenters. The van der Waals surface area contributed by atoms with E-state index in [0.29, 0.717) is 31.3 Å². The summed E-state index contributed by atoms with van der Waals surface area (Å²) in [5.41, 5.74) is 0. The van der Waals surface area contributed by atoms with Gasteiger partial charge in [0.25, 0.3) is 0 Å². The van der Waals surface area contributed by atoms with Crippen LogP contribution in [0.1, 0.15) is 20.3 Å². The third kappa shape index (κ3) is 5.58. The first kappa shape index (κ1) is 19.5. The summed E-state index contributed by atoms with van der Waals surface area (Å²) in [5.74, 6) is 0.483. The summed E-state index contributed by atoms with van der Waals surface area (Å²) < 4.78 is 38.0. The molecule has 2 rings (SSSR count). The van der Waals surface area contributed by atoms with Crippen LogP contribution in [0.15, 0.2) is 23.1 Å². The normalized spacial score (nSPS) is 17.3. The Morgan fingerprint density at radius 3 is 2.60 bits per heavy atom. The van der Waals surface area contributed by atoms with Gasteiger partial charge in [-0.05, 0) is 38.9 Å². The van der Waals surface area contributed by atoms with Gasteiger partial charge in [-0.2, -0.15) is 0 Å². The van der Waals surface area contributed by atoms with E-state index < -0.39 is 10.0 Å². The van der Waals surface area contributed by atoms with Crippen LogP contribution in [0.3, 0.4) is 0 Å². The summed E-state index contributed by atoms with van der Waals surface area (Å²) in [5, 5.41) is 5.92. The van der Waals surface area contributed by atoms with Gasteiger partial charge in [0, 0.05) is 18.7 Å². The molecule has 0 spiro atoms. The van der Waals surface area contributed by atoms with Crippen molar-refractivity contribution in [3.8, 4) is 11.5 Å². The molecule has 0 aromatic heterocycles. The minimum atomic E-state index is -3.82. The molecule has 1 unspecified atom stereocenters. The molecule has 1 aromatic carbocycles. The SMILES string of the molecule is CCOc1ccc(S(=O)(=O)NCC(=O)NC2CCNC2)cc1OCC. The van der Waals surface area contributed by atoms with Gasteiger partial charge < -0.3 is 20.1 Å². The van der Waals surface area contributed by atoms with Crippen molar-refractivity contribution in [2.75, 3.05) is 32.8 Å². The van der Waals surface area contributed by atoms with Crippen molar-refractivity contribution in [2.45, 2.75) is 31.2 Å². The smallest absolute Gasteiger partial charge is 0.241 e. The number of sulfonamides is 1. The second kappa shape index (κ2) is 9.02. The molecule has 1 aliphatic heterocycles. The minimum absolute atomic E-state index is 0.0229. The number of ether oxygens (including phenoxy) is 2. The largest absolute Gasteiger partial charge is 0.490 e. The molecule has 0 saturated carbocycles. The van der Waals surface area contributed by atoms with Crippen LogP contribution in [0.25, 0.3) is 0 Å². The van der Waals surface area contributed by atoms with Crippen molar-refractivity contribution in [3.63, 3.8) is 0 Å². The fourth-order valence-electron chi connectivity index (χ4n) is 2.50. The average Bonchev–Trinajstić information content (AvgIpc) is 3.08. The molecular formula is C16H25N3O5S. The Morgan fingerprint density at radius 2 is 1.96 bits per heavy atom. The third-order valence-corrected chi connectivity index (χ3v) is 5.07. The average molecular weight is 371 g/mol. The molecule has 140 valence electrons. The maximum atomic E-state index is 12.4. The zero-order valence-corrected chi connectivity index (χ0v) is 15.3. The van der Waals surface area contributed by atoms with E-state index in [0.717, 1.165) is 13.0 Å². The number of carbonyl (C=O) groups is 1. The van der Waals surface area contributed by atoms with Crippen molar-refractivity contribution in [1.82, 2.24) is 15.4 Å². The van der Waals surface area contributed by atoms with Crippen LogP contribution in [-0.2, 0) is 14.8 Å². The number of benzene rings is 1. The number of hydrogen-bond acceptors (Lipinski definition) is 6. The Kier molecular flexibility index (Phi) is 7.03. The highest BCUT2D eigenvalue weighted by atomic mass is 32.2. The van der Waals surface area contributed by atoms with Gasteiger partial charge in [-0.15, -0.1) is 0 Å². The first-order valence-corrected chi connectivity index (χ1v) is 9.84. The van der Waals surface area contributed by atoms with Crippen LogP contribution in [0.4, 0.5) is 0 Å². The fourth-order valence-corrected chi connectivity index (χ4v) is 3.50. The highest BCUT2D eigenvalue weighted by molar-refractivity contribution is 7.89. The highest BCUT2D eigenvalue weighted by Crippen LogP contribution is 2.30. The Bertz CT molecular complexity index is 687. The number of carbonyl (C=O) groups excluding carboxylic acids is 1. The fraction of sp³-hybridized carbons (Fsp3) is 0.562. The lowest BCUT2D eigenvalue weighted by Gasteiger charge is -2.14. The lowest BCUT2D eigenvalue weighted by molar-refractivity contribution is -0.120. The van der Waals surface area contributed by atoms with Gasteiger partial charge in [0.05, 0.1) is 24.7 Å². The van der Waals surface area contributed by atoms with Crippen molar-refractivity contribution in [2.24, 2.45) is 0 Å². The van der Waals surface area contributed by atoms with Crippen LogP contribution >= 0.6 is 0 Å². The predicted molar refractivity (Wildman–Crippen MR) is 93.4 cm³/mol. The molecular weight excluding hydrogens is 346 g/mol. The Hall–Kier alpha value is -1.84. The molecule has 0 aliphatic carbocycles. The Labute approximate surface area is 148 Å². The van der Waals surface area contributed by atoms with Gasteiger partial charge in [0.15, 0.2) is 11.5 Å². The van der Waals surface area contributed by atoms with Crippen LogP contribution in [0.2, 0.25) is 0 Å². The molecule has 0 radical (unpaired) electrons. The van der Waals surface area contributed by atoms with E-state index in [1.165, 1.54) is 12.1 Å². The first-order chi connectivity index (χ1) is 12.0. The maximum Gasteiger partial charge on any atom is 0.241 e. The van der Waals surface area contributed by atoms with Crippen molar-refractivity contribution < 1.29 is 22.7 Å². The van der Waals surface area contributed by atoms with Gasteiger partial charge in [-0.25, -0.2) is 13.1 Å². The molecule has 8 nitrogen and oxygen atoms in total. The van der Waals surface area contributed by atoms with Gasteiger partial charge in [0.2, 0.25) is 15.9 Å². The van der Waals surface area contributed by atoms with Crippen LogP contribution < -0.4 is 24.8 Å². The van der Waals surface area contributed by atoms with E-state index in [-0.39, 0.29) is 23.4 Å². The van der Waals surface area contributed by atoms with Crippen molar-refractivity contribution in [3.05, 3.63) is 18.2 Å². The Balaban J connectivity index is 2.02. The summed E-state index contributed by atoms with van der Waals surface area (Å²) in [6.07, 6.45) is 0.842. The number of rotatable bonds is 9. The van der Waals surface area contributed by atoms with Gasteiger partial charge in [-0.1, -0.05) is 0 Å². The van der Waals surface area contributed by atoms with Crippen LogP contribution in [-0.4, -0.2) is 53.2 Å². The molecule has 1 aliphatic rings. The molecule has 1 saturated heterocycles. The molecule has 1 heterocycles. The van der Waals surface area contributed by atoms with E-state index in [2.05, 4.69) is 15.4 Å². The summed E-state index contributed by atoms with van der Waals surface area (Å²) in [4.78, 5) is 11.9. The zero-order valence-electron chi connectivity index (χ0n) is 14.5. The molecule has 1 amide bonds. The summed E-state index contributed by atoms with van der Waals surface area (Å²) >= 11 is 0. The Morgan fingerprint density at radius 1 is 1.24 bits per heavy atom. The second-order valence-electron chi connectivity index (χ2n) is 5.56. The van der Waals surface area contributed by atoms with Gasteiger partial charge in [-0.3, -0.25) is 4.79 Å². The van der Waals surface area contributed by atoms with Crippen molar-refractivity contribution >= 4 is 15.9 Å². The van der Waals surface area contributed by atoms with Crippen LogP contribution in [0.5, 0.6) is 11.5 Å².